The minimum atomic E-state index is -0.228. The number of nitrogens with zero attached hydrogens (tertiary/aromatic N) is 2. The number of benzene rings is 1. The largest absolute Gasteiger partial charge is 0.238 e. The van der Waals surface area contributed by atoms with E-state index >= 15 is 0 Å². The van der Waals surface area contributed by atoms with Crippen LogP contribution in [0.5, 0.6) is 0 Å². The Bertz CT molecular complexity index is 484. The summed E-state index contributed by atoms with van der Waals surface area (Å²) in [6.07, 6.45) is 1.69. The van der Waals surface area contributed by atoms with Crippen molar-refractivity contribution in [1.29, 1.82) is 0 Å². The van der Waals surface area contributed by atoms with E-state index < -0.39 is 0 Å². The summed E-state index contributed by atoms with van der Waals surface area (Å²) in [6, 6.07) is 8.36. The van der Waals surface area contributed by atoms with Gasteiger partial charge in [-0.3, -0.25) is 0 Å². The molecule has 2 nitrogen and oxygen atoms in total. The summed E-state index contributed by atoms with van der Waals surface area (Å²) in [6.45, 7) is 4.10. The van der Waals surface area contributed by atoms with Crippen LogP contribution in [0.15, 0.2) is 30.3 Å². The summed E-state index contributed by atoms with van der Waals surface area (Å²) in [5, 5.41) is 0. The van der Waals surface area contributed by atoms with Crippen molar-refractivity contribution in [2.45, 2.75) is 26.7 Å². The molecule has 0 radical (unpaired) electrons. The molecule has 1 heterocycles. The number of hydrogen-bond donors (Lipinski definition) is 0. The molecule has 0 aliphatic heterocycles. The molecule has 0 saturated heterocycles. The molecule has 0 spiro atoms. The van der Waals surface area contributed by atoms with Crippen LogP contribution >= 0.6 is 0 Å². The molecule has 0 aliphatic rings. The number of rotatable bonds is 3. The van der Waals surface area contributed by atoms with Gasteiger partial charge in [-0.05, 0) is 36.8 Å². The van der Waals surface area contributed by atoms with Gasteiger partial charge < -0.3 is 0 Å². The monoisotopic (exact) mass is 230 g/mol. The predicted octanol–water partition coefficient (Wildman–Crippen LogP) is 3.41. The number of aromatic nitrogens is 2. The first-order chi connectivity index (χ1) is 8.22. The SMILES string of the molecule is CCc1cc(-c2ccc(F)cc2)nc(CC)n1. The average molecular weight is 230 g/mol. The van der Waals surface area contributed by atoms with E-state index in [1.165, 1.54) is 12.1 Å². The summed E-state index contributed by atoms with van der Waals surface area (Å²) < 4.78 is 12.9. The highest BCUT2D eigenvalue weighted by molar-refractivity contribution is 5.59. The molecule has 1 aromatic carbocycles. The number of hydrogen-bond acceptors (Lipinski definition) is 2. The maximum absolute atomic E-state index is 12.9. The first kappa shape index (κ1) is 11.7. The quantitative estimate of drug-likeness (QED) is 0.807. The minimum Gasteiger partial charge on any atom is -0.238 e. The van der Waals surface area contributed by atoms with Crippen LogP contribution in [-0.4, -0.2) is 9.97 Å². The first-order valence-corrected chi connectivity index (χ1v) is 5.85. The second kappa shape index (κ2) is 5.04. The van der Waals surface area contributed by atoms with Crippen LogP contribution in [0.1, 0.15) is 25.4 Å². The molecule has 1 aromatic heterocycles. The van der Waals surface area contributed by atoms with Gasteiger partial charge in [-0.2, -0.15) is 0 Å². The van der Waals surface area contributed by atoms with Crippen LogP contribution in [0.25, 0.3) is 11.3 Å². The Labute approximate surface area is 101 Å². The van der Waals surface area contributed by atoms with Gasteiger partial charge in [-0.1, -0.05) is 13.8 Å². The molecule has 0 N–H and O–H groups in total. The standard InChI is InChI=1S/C14H15FN2/c1-3-12-9-13(17-14(4-2)16-12)10-5-7-11(15)8-6-10/h5-9H,3-4H2,1-2H3. The van der Waals surface area contributed by atoms with Gasteiger partial charge in [-0.15, -0.1) is 0 Å². The van der Waals surface area contributed by atoms with E-state index in [0.717, 1.165) is 35.6 Å². The van der Waals surface area contributed by atoms with Crippen LogP contribution < -0.4 is 0 Å². The van der Waals surface area contributed by atoms with Crippen LogP contribution in [0.2, 0.25) is 0 Å². The van der Waals surface area contributed by atoms with E-state index in [-0.39, 0.29) is 5.82 Å². The Kier molecular flexibility index (Phi) is 3.47. The van der Waals surface area contributed by atoms with E-state index in [0.29, 0.717) is 0 Å². The Morgan fingerprint density at radius 2 is 1.71 bits per heavy atom. The van der Waals surface area contributed by atoms with Gasteiger partial charge in [-0.25, -0.2) is 14.4 Å². The van der Waals surface area contributed by atoms with Crippen LogP contribution in [0, 0.1) is 5.82 Å². The van der Waals surface area contributed by atoms with Crippen LogP contribution in [0.3, 0.4) is 0 Å². The zero-order valence-electron chi connectivity index (χ0n) is 10.1. The van der Waals surface area contributed by atoms with E-state index in [2.05, 4.69) is 16.9 Å². The lowest BCUT2D eigenvalue weighted by molar-refractivity contribution is 0.628. The zero-order chi connectivity index (χ0) is 12.3. The maximum Gasteiger partial charge on any atom is 0.129 e. The molecule has 0 atom stereocenters. The Morgan fingerprint density at radius 1 is 1.00 bits per heavy atom. The molecule has 3 heteroatoms. The fourth-order valence-corrected chi connectivity index (χ4v) is 1.66. The van der Waals surface area contributed by atoms with Crippen molar-refractivity contribution in [1.82, 2.24) is 9.97 Å². The third-order valence-corrected chi connectivity index (χ3v) is 2.64. The molecule has 2 rings (SSSR count). The highest BCUT2D eigenvalue weighted by Gasteiger charge is 2.04. The van der Waals surface area contributed by atoms with Crippen LogP contribution in [0.4, 0.5) is 4.39 Å². The summed E-state index contributed by atoms with van der Waals surface area (Å²) in [5.74, 6) is 0.609. The summed E-state index contributed by atoms with van der Waals surface area (Å²) in [5.41, 5.74) is 2.82. The van der Waals surface area contributed by atoms with Gasteiger partial charge in [0.25, 0.3) is 0 Å². The van der Waals surface area contributed by atoms with Crippen molar-refractivity contribution in [3.8, 4) is 11.3 Å². The highest BCUT2D eigenvalue weighted by atomic mass is 19.1. The third-order valence-electron chi connectivity index (χ3n) is 2.64. The summed E-state index contributed by atoms with van der Waals surface area (Å²) in [4.78, 5) is 8.89. The highest BCUT2D eigenvalue weighted by Crippen LogP contribution is 2.18. The van der Waals surface area contributed by atoms with Gasteiger partial charge in [0.1, 0.15) is 11.6 Å². The minimum absolute atomic E-state index is 0.228. The van der Waals surface area contributed by atoms with Crippen molar-refractivity contribution in [2.75, 3.05) is 0 Å². The van der Waals surface area contributed by atoms with Crippen molar-refractivity contribution in [3.05, 3.63) is 47.7 Å². The van der Waals surface area contributed by atoms with E-state index in [1.54, 1.807) is 12.1 Å². The van der Waals surface area contributed by atoms with Crippen molar-refractivity contribution >= 4 is 0 Å². The lowest BCUT2D eigenvalue weighted by Gasteiger charge is -2.06. The third kappa shape index (κ3) is 2.67. The van der Waals surface area contributed by atoms with E-state index in [9.17, 15) is 4.39 Å². The number of halogens is 1. The first-order valence-electron chi connectivity index (χ1n) is 5.85. The smallest absolute Gasteiger partial charge is 0.129 e. The van der Waals surface area contributed by atoms with Crippen molar-refractivity contribution in [3.63, 3.8) is 0 Å². The molecule has 0 unspecified atom stereocenters. The molecular formula is C14H15FN2. The van der Waals surface area contributed by atoms with Gasteiger partial charge in [0.05, 0.1) is 5.69 Å². The molecule has 0 amide bonds. The molecule has 0 bridgehead atoms. The molecular weight excluding hydrogens is 215 g/mol. The average Bonchev–Trinajstić information content (AvgIpc) is 2.39. The summed E-state index contributed by atoms with van der Waals surface area (Å²) >= 11 is 0. The normalized spacial score (nSPS) is 10.5. The fraction of sp³-hybridized carbons (Fsp3) is 0.286. The molecule has 2 aromatic rings. The molecule has 17 heavy (non-hydrogen) atoms. The fourth-order valence-electron chi connectivity index (χ4n) is 1.66. The maximum atomic E-state index is 12.9. The molecule has 0 aliphatic carbocycles. The second-order valence-electron chi connectivity index (χ2n) is 3.87. The van der Waals surface area contributed by atoms with E-state index in [4.69, 9.17) is 0 Å². The lowest BCUT2D eigenvalue weighted by Crippen LogP contribution is -1.99. The van der Waals surface area contributed by atoms with Gasteiger partial charge in [0, 0.05) is 17.7 Å². The predicted molar refractivity (Wildman–Crippen MR) is 66.2 cm³/mol. The summed E-state index contributed by atoms with van der Waals surface area (Å²) in [7, 11) is 0. The Hall–Kier alpha value is -1.77. The van der Waals surface area contributed by atoms with Crippen molar-refractivity contribution < 1.29 is 4.39 Å². The van der Waals surface area contributed by atoms with Gasteiger partial charge >= 0.3 is 0 Å². The molecule has 0 fully saturated rings. The van der Waals surface area contributed by atoms with E-state index in [1.807, 2.05) is 13.0 Å². The van der Waals surface area contributed by atoms with Gasteiger partial charge in [0.15, 0.2) is 0 Å². The van der Waals surface area contributed by atoms with Gasteiger partial charge in [0.2, 0.25) is 0 Å². The number of aryl methyl sites for hydroxylation is 2. The van der Waals surface area contributed by atoms with Crippen molar-refractivity contribution in [2.24, 2.45) is 0 Å². The topological polar surface area (TPSA) is 25.8 Å². The van der Waals surface area contributed by atoms with Crippen LogP contribution in [-0.2, 0) is 12.8 Å². The second-order valence-corrected chi connectivity index (χ2v) is 3.87. The Morgan fingerprint density at radius 3 is 2.29 bits per heavy atom. The Balaban J connectivity index is 2.46. The lowest BCUT2D eigenvalue weighted by atomic mass is 10.1. The molecule has 0 saturated carbocycles. The zero-order valence-corrected chi connectivity index (χ0v) is 10.1. The molecule has 88 valence electrons.